The lowest BCUT2D eigenvalue weighted by molar-refractivity contribution is 0.629. The summed E-state index contributed by atoms with van der Waals surface area (Å²) in [5.41, 5.74) is 1.11. The molecule has 0 saturated heterocycles. The van der Waals surface area contributed by atoms with E-state index < -0.39 is 11.0 Å². The largest absolute Gasteiger partial charge is 0.322 e. The van der Waals surface area contributed by atoms with Crippen molar-refractivity contribution in [1.82, 2.24) is 14.3 Å². The Balaban J connectivity index is 2.38. The van der Waals surface area contributed by atoms with Crippen LogP contribution in [-0.2, 0) is 24.1 Å². The highest BCUT2D eigenvalue weighted by molar-refractivity contribution is 7.99. The van der Waals surface area contributed by atoms with Gasteiger partial charge in [0.2, 0.25) is 0 Å². The average Bonchev–Trinajstić information content (AvgIpc) is 2.84. The zero-order chi connectivity index (χ0) is 16.1. The highest BCUT2D eigenvalue weighted by atomic mass is 32.2. The first-order chi connectivity index (χ1) is 10.5. The molecule has 22 heavy (non-hydrogen) atoms. The van der Waals surface area contributed by atoms with Gasteiger partial charge in [-0.3, -0.25) is 0 Å². The van der Waals surface area contributed by atoms with Crippen LogP contribution >= 0.6 is 11.8 Å². The molecule has 1 aromatic carbocycles. The van der Waals surface area contributed by atoms with Crippen molar-refractivity contribution in [2.45, 2.75) is 49.7 Å². The molecule has 0 amide bonds. The Kier molecular flexibility index (Phi) is 6.23. The van der Waals surface area contributed by atoms with Gasteiger partial charge in [-0.2, -0.15) is 0 Å². The predicted molar refractivity (Wildman–Crippen MR) is 93.5 cm³/mol. The van der Waals surface area contributed by atoms with E-state index in [0.717, 1.165) is 18.1 Å². The molecular formula is C16H23N3OS2. The Hall–Kier alpha value is -1.11. The van der Waals surface area contributed by atoms with Crippen molar-refractivity contribution in [3.8, 4) is 0 Å². The highest BCUT2D eigenvalue weighted by Gasteiger charge is 2.19. The first kappa shape index (κ1) is 17.2. The summed E-state index contributed by atoms with van der Waals surface area (Å²) < 4.78 is 16.5. The summed E-state index contributed by atoms with van der Waals surface area (Å²) in [5, 5.41) is 1.18. The van der Waals surface area contributed by atoms with Crippen LogP contribution in [0.25, 0.3) is 0 Å². The molecule has 0 spiro atoms. The Morgan fingerprint density at radius 1 is 1.32 bits per heavy atom. The van der Waals surface area contributed by atoms with Gasteiger partial charge >= 0.3 is 0 Å². The van der Waals surface area contributed by atoms with Crippen LogP contribution < -0.4 is 4.72 Å². The lowest BCUT2D eigenvalue weighted by Crippen LogP contribution is -2.18. The number of benzene rings is 1. The Morgan fingerprint density at radius 3 is 2.55 bits per heavy atom. The second-order valence-corrected chi connectivity index (χ2v) is 7.57. The lowest BCUT2D eigenvalue weighted by Gasteiger charge is -2.11. The van der Waals surface area contributed by atoms with Gasteiger partial charge in [-0.1, -0.05) is 43.8 Å². The Morgan fingerprint density at radius 2 is 2.00 bits per heavy atom. The van der Waals surface area contributed by atoms with Crippen molar-refractivity contribution >= 4 is 22.7 Å². The molecule has 2 aromatic rings. The van der Waals surface area contributed by atoms with Gasteiger partial charge < -0.3 is 4.57 Å². The van der Waals surface area contributed by atoms with E-state index in [1.807, 2.05) is 18.2 Å². The van der Waals surface area contributed by atoms with Crippen molar-refractivity contribution in [2.75, 3.05) is 6.26 Å². The fraction of sp³-hybridized carbons (Fsp3) is 0.438. The molecule has 0 saturated carbocycles. The van der Waals surface area contributed by atoms with Crippen molar-refractivity contribution in [2.24, 2.45) is 0 Å². The number of nitrogens with one attached hydrogen (secondary N) is 1. The van der Waals surface area contributed by atoms with Crippen molar-refractivity contribution < 1.29 is 4.21 Å². The minimum Gasteiger partial charge on any atom is -0.322 e. The molecule has 2 rings (SSSR count). The number of imidazole rings is 1. The number of hydrogen-bond donors (Lipinski definition) is 1. The second kappa shape index (κ2) is 7.94. The van der Waals surface area contributed by atoms with Crippen LogP contribution in [0, 0.1) is 0 Å². The minimum absolute atomic E-state index is 0.352. The topological polar surface area (TPSA) is 46.9 Å². The number of rotatable bonds is 7. The summed E-state index contributed by atoms with van der Waals surface area (Å²) in [7, 11) is -1.03. The molecule has 1 atom stereocenters. The van der Waals surface area contributed by atoms with E-state index in [9.17, 15) is 4.21 Å². The summed E-state index contributed by atoms with van der Waals surface area (Å²) in [4.78, 5) is 6.00. The van der Waals surface area contributed by atoms with Crippen molar-refractivity contribution in [1.29, 1.82) is 0 Å². The Labute approximate surface area is 139 Å². The van der Waals surface area contributed by atoms with Gasteiger partial charge in [0.1, 0.15) is 10.9 Å². The van der Waals surface area contributed by atoms with Crippen molar-refractivity contribution in [3.05, 3.63) is 41.9 Å². The van der Waals surface area contributed by atoms with Crippen LogP contribution in [0.2, 0.25) is 0 Å². The number of nitrogens with zero attached hydrogens (tertiary/aromatic N) is 2. The second-order valence-electron chi connectivity index (χ2n) is 5.31. The molecule has 0 aliphatic heterocycles. The van der Waals surface area contributed by atoms with Gasteiger partial charge in [0, 0.05) is 17.7 Å². The van der Waals surface area contributed by atoms with Gasteiger partial charge in [-0.25, -0.2) is 13.9 Å². The van der Waals surface area contributed by atoms with Gasteiger partial charge in [-0.05, 0) is 25.0 Å². The Bertz CT molecular complexity index is 638. The maximum Gasteiger partial charge on any atom is 0.124 e. The normalized spacial score (nSPS) is 12.8. The third kappa shape index (κ3) is 4.21. The maximum atomic E-state index is 11.3. The quantitative estimate of drug-likeness (QED) is 0.840. The summed E-state index contributed by atoms with van der Waals surface area (Å²) >= 11 is 1.75. The van der Waals surface area contributed by atoms with Crippen LogP contribution in [0.1, 0.15) is 38.2 Å². The molecule has 0 fully saturated rings. The third-order valence-electron chi connectivity index (χ3n) is 3.28. The molecule has 1 N–H and O–H groups in total. The first-order valence-electron chi connectivity index (χ1n) is 7.42. The molecule has 6 heteroatoms. The smallest absolute Gasteiger partial charge is 0.124 e. The van der Waals surface area contributed by atoms with Crippen LogP contribution in [0.3, 0.4) is 0 Å². The zero-order valence-corrected chi connectivity index (χ0v) is 15.1. The zero-order valence-electron chi connectivity index (χ0n) is 13.5. The van der Waals surface area contributed by atoms with Gasteiger partial charge in [0.05, 0.1) is 23.2 Å². The average molecular weight is 338 g/mol. The molecule has 0 aliphatic rings. The highest BCUT2D eigenvalue weighted by Crippen LogP contribution is 2.34. The molecular weight excluding hydrogens is 314 g/mol. The molecule has 120 valence electrons. The molecule has 0 aliphatic carbocycles. The maximum absolute atomic E-state index is 11.3. The first-order valence-corrected chi connectivity index (χ1v) is 9.79. The number of aromatic nitrogens is 2. The van der Waals surface area contributed by atoms with E-state index in [1.165, 1.54) is 9.92 Å². The fourth-order valence-electron chi connectivity index (χ4n) is 2.21. The predicted octanol–water partition coefficient (Wildman–Crippen LogP) is 3.56. The standard InChI is InChI=1S/C16H23N3OS2/c1-5-19-14(11-17-22(4)20)18-15(12(2)3)16(19)21-13-9-7-6-8-10-13/h6-10,12,17H,5,11H2,1-4H3. The molecule has 4 nitrogen and oxygen atoms in total. The van der Waals surface area contributed by atoms with Gasteiger partial charge in [0.15, 0.2) is 0 Å². The van der Waals surface area contributed by atoms with E-state index in [4.69, 9.17) is 4.98 Å². The molecule has 1 aromatic heterocycles. The molecule has 1 heterocycles. The molecule has 1 unspecified atom stereocenters. The van der Waals surface area contributed by atoms with Gasteiger partial charge in [0.25, 0.3) is 0 Å². The van der Waals surface area contributed by atoms with E-state index in [0.29, 0.717) is 12.5 Å². The van der Waals surface area contributed by atoms with Crippen LogP contribution in [0.15, 0.2) is 40.3 Å². The SMILES string of the molecule is CCn1c(CNS(C)=O)nc(C(C)C)c1Sc1ccccc1. The van der Waals surface area contributed by atoms with Crippen LogP contribution in [-0.4, -0.2) is 20.0 Å². The minimum atomic E-state index is -1.03. The third-order valence-corrected chi connectivity index (χ3v) is 4.96. The van der Waals surface area contributed by atoms with Crippen LogP contribution in [0.4, 0.5) is 0 Å². The lowest BCUT2D eigenvalue weighted by atomic mass is 10.1. The van der Waals surface area contributed by atoms with Gasteiger partial charge in [-0.15, -0.1) is 0 Å². The monoisotopic (exact) mass is 337 g/mol. The van der Waals surface area contributed by atoms with E-state index in [2.05, 4.69) is 42.2 Å². The summed E-state index contributed by atoms with van der Waals surface area (Å²) in [6.45, 7) is 7.81. The summed E-state index contributed by atoms with van der Waals surface area (Å²) in [6, 6.07) is 10.3. The van der Waals surface area contributed by atoms with Crippen molar-refractivity contribution in [3.63, 3.8) is 0 Å². The number of hydrogen-bond acceptors (Lipinski definition) is 3. The van der Waals surface area contributed by atoms with E-state index in [1.54, 1.807) is 18.0 Å². The van der Waals surface area contributed by atoms with E-state index >= 15 is 0 Å². The molecule has 0 radical (unpaired) electrons. The summed E-state index contributed by atoms with van der Waals surface area (Å²) in [5.74, 6) is 1.30. The fourth-order valence-corrected chi connectivity index (χ4v) is 3.79. The van der Waals surface area contributed by atoms with Crippen LogP contribution in [0.5, 0.6) is 0 Å². The molecule has 0 bridgehead atoms. The summed E-state index contributed by atoms with van der Waals surface area (Å²) in [6.07, 6.45) is 1.64. The van der Waals surface area contributed by atoms with E-state index in [-0.39, 0.29) is 0 Å².